The van der Waals surface area contributed by atoms with Crippen LogP contribution >= 0.6 is 11.8 Å². The van der Waals surface area contributed by atoms with Gasteiger partial charge in [-0.05, 0) is 13.2 Å². The third-order valence-electron chi connectivity index (χ3n) is 1.64. The monoisotopic (exact) mass is 203 g/mol. The van der Waals surface area contributed by atoms with Crippen molar-refractivity contribution in [2.75, 3.05) is 6.26 Å². The summed E-state index contributed by atoms with van der Waals surface area (Å²) in [6, 6.07) is 0. The molecule has 0 spiro atoms. The van der Waals surface area contributed by atoms with Gasteiger partial charge in [-0.3, -0.25) is 9.59 Å². The van der Waals surface area contributed by atoms with Gasteiger partial charge in [-0.2, -0.15) is 5.16 Å². The van der Waals surface area contributed by atoms with Crippen LogP contribution in [-0.4, -0.2) is 22.5 Å². The molecule has 13 heavy (non-hydrogen) atoms. The number of H-pyrrole nitrogens is 1. The first-order valence-electron chi connectivity index (χ1n) is 3.51. The number of aliphatic carboxylic acids is 1. The van der Waals surface area contributed by atoms with Gasteiger partial charge in [-0.1, -0.05) is 0 Å². The van der Waals surface area contributed by atoms with Gasteiger partial charge in [-0.25, -0.2) is 0 Å². The number of carbonyl (C=O) groups is 1. The fourth-order valence-electron chi connectivity index (χ4n) is 1.04. The number of aromatic amines is 1. The maximum absolute atomic E-state index is 11.1. The average molecular weight is 203 g/mol. The second-order valence-electron chi connectivity index (χ2n) is 2.46. The van der Waals surface area contributed by atoms with Gasteiger partial charge in [-0.15, -0.1) is 11.8 Å². The van der Waals surface area contributed by atoms with Crippen molar-refractivity contribution in [1.82, 2.24) is 5.16 Å². The van der Waals surface area contributed by atoms with E-state index in [9.17, 15) is 9.59 Å². The summed E-state index contributed by atoms with van der Waals surface area (Å²) in [6.45, 7) is 1.55. The summed E-state index contributed by atoms with van der Waals surface area (Å²) in [5.41, 5.74) is -0.292. The molecule has 1 rings (SSSR count). The molecule has 0 saturated heterocycles. The molecule has 0 amide bonds. The van der Waals surface area contributed by atoms with Crippen LogP contribution in [0, 0.1) is 6.92 Å². The summed E-state index contributed by atoms with van der Waals surface area (Å²) in [4.78, 5) is 21.8. The molecule has 1 aromatic heterocycles. The summed E-state index contributed by atoms with van der Waals surface area (Å²) in [5.74, 6) is -0.714. The maximum Gasteiger partial charge on any atom is 0.321 e. The molecule has 1 atom stereocenters. The number of hydrogen-bond acceptors (Lipinski definition) is 4. The first-order chi connectivity index (χ1) is 6.07. The van der Waals surface area contributed by atoms with Crippen molar-refractivity contribution >= 4 is 17.7 Å². The first kappa shape index (κ1) is 9.91. The van der Waals surface area contributed by atoms with Crippen LogP contribution in [0.15, 0.2) is 9.32 Å². The van der Waals surface area contributed by atoms with E-state index in [-0.39, 0.29) is 5.56 Å². The zero-order valence-electron chi connectivity index (χ0n) is 7.16. The minimum absolute atomic E-state index is 0.181. The largest absolute Gasteiger partial charge is 0.480 e. The van der Waals surface area contributed by atoms with Gasteiger partial charge >= 0.3 is 5.97 Å². The van der Waals surface area contributed by atoms with Crippen molar-refractivity contribution in [2.24, 2.45) is 0 Å². The number of rotatable bonds is 3. The van der Waals surface area contributed by atoms with Gasteiger partial charge < -0.3 is 9.63 Å². The minimum atomic E-state index is -1.04. The van der Waals surface area contributed by atoms with Crippen molar-refractivity contribution in [1.29, 1.82) is 0 Å². The molecule has 0 radical (unpaired) electrons. The Kier molecular flexibility index (Phi) is 2.82. The van der Waals surface area contributed by atoms with Crippen LogP contribution < -0.4 is 5.56 Å². The Bertz CT molecular complexity index is 367. The summed E-state index contributed by atoms with van der Waals surface area (Å²) < 4.78 is 4.71. The summed E-state index contributed by atoms with van der Waals surface area (Å²) in [5, 5.41) is 10.0. The van der Waals surface area contributed by atoms with Crippen molar-refractivity contribution in [3.63, 3.8) is 0 Å². The molecule has 1 aromatic rings. The average Bonchev–Trinajstić information content (AvgIpc) is 2.36. The van der Waals surface area contributed by atoms with E-state index in [0.717, 1.165) is 11.8 Å². The number of thioether (sulfide) groups is 1. The Morgan fingerprint density at radius 3 is 2.62 bits per heavy atom. The van der Waals surface area contributed by atoms with E-state index >= 15 is 0 Å². The highest BCUT2D eigenvalue weighted by Crippen LogP contribution is 2.26. The molecule has 72 valence electrons. The van der Waals surface area contributed by atoms with E-state index in [1.54, 1.807) is 13.2 Å². The van der Waals surface area contributed by atoms with E-state index < -0.39 is 16.8 Å². The second-order valence-corrected chi connectivity index (χ2v) is 3.40. The Balaban J connectivity index is 3.18. The van der Waals surface area contributed by atoms with Crippen molar-refractivity contribution in [3.8, 4) is 0 Å². The third-order valence-corrected chi connectivity index (χ3v) is 2.55. The Labute approximate surface area is 78.1 Å². The molecule has 0 aromatic carbocycles. The Morgan fingerprint density at radius 1 is 1.69 bits per heavy atom. The lowest BCUT2D eigenvalue weighted by atomic mass is 10.2. The van der Waals surface area contributed by atoms with Gasteiger partial charge in [0.1, 0.15) is 11.0 Å². The van der Waals surface area contributed by atoms with Gasteiger partial charge in [0.25, 0.3) is 5.56 Å². The van der Waals surface area contributed by atoms with E-state index in [1.807, 2.05) is 0 Å². The highest BCUT2D eigenvalue weighted by molar-refractivity contribution is 7.99. The van der Waals surface area contributed by atoms with E-state index in [1.165, 1.54) is 0 Å². The summed E-state index contributed by atoms with van der Waals surface area (Å²) in [6.07, 6.45) is 1.63. The molecule has 5 nitrogen and oxygen atoms in total. The molecular weight excluding hydrogens is 194 g/mol. The van der Waals surface area contributed by atoms with Gasteiger partial charge in [0.2, 0.25) is 0 Å². The molecule has 0 bridgehead atoms. The molecular formula is C7H9NO4S. The zero-order chi connectivity index (χ0) is 10.0. The summed E-state index contributed by atoms with van der Waals surface area (Å²) >= 11 is 1.08. The maximum atomic E-state index is 11.1. The molecule has 1 heterocycles. The van der Waals surface area contributed by atoms with Crippen LogP contribution in [0.3, 0.4) is 0 Å². The molecule has 0 aliphatic rings. The molecule has 6 heteroatoms. The predicted molar refractivity (Wildman–Crippen MR) is 48.0 cm³/mol. The highest BCUT2D eigenvalue weighted by atomic mass is 32.2. The standard InChI is InChI=1S/C7H9NO4S/c1-3-4(6(9)8-12-3)5(13-2)7(10)11/h5H,1-2H3,(H,8,9)(H,10,11)/t5-/m0/s1. The van der Waals surface area contributed by atoms with Crippen LogP contribution in [0.2, 0.25) is 0 Å². The molecule has 0 aliphatic carbocycles. The van der Waals surface area contributed by atoms with Gasteiger partial charge in [0.05, 0.1) is 5.56 Å². The van der Waals surface area contributed by atoms with Crippen LogP contribution in [0.25, 0.3) is 0 Å². The predicted octanol–water partition coefficient (Wildman–Crippen LogP) is 0.765. The molecule has 0 aliphatic heterocycles. The second kappa shape index (κ2) is 3.69. The normalized spacial score (nSPS) is 12.8. The number of hydrogen-bond donors (Lipinski definition) is 2. The van der Waals surface area contributed by atoms with Crippen LogP contribution in [0.4, 0.5) is 0 Å². The van der Waals surface area contributed by atoms with Gasteiger partial charge in [0.15, 0.2) is 0 Å². The highest BCUT2D eigenvalue weighted by Gasteiger charge is 2.25. The SMILES string of the molecule is CS[C@H](C(=O)O)c1c(C)o[nH]c1=O. The fraction of sp³-hybridized carbons (Fsp3) is 0.429. The van der Waals surface area contributed by atoms with E-state index in [4.69, 9.17) is 9.63 Å². The number of aromatic nitrogens is 1. The van der Waals surface area contributed by atoms with Crippen molar-refractivity contribution < 1.29 is 14.4 Å². The summed E-state index contributed by atoms with van der Waals surface area (Å²) in [7, 11) is 0. The van der Waals surface area contributed by atoms with E-state index in [2.05, 4.69) is 5.16 Å². The Hall–Kier alpha value is -1.17. The van der Waals surface area contributed by atoms with E-state index in [0.29, 0.717) is 5.76 Å². The molecule has 0 unspecified atom stereocenters. The fourth-order valence-corrected chi connectivity index (χ4v) is 1.75. The zero-order valence-corrected chi connectivity index (χ0v) is 7.97. The van der Waals surface area contributed by atoms with Crippen LogP contribution in [0.1, 0.15) is 16.6 Å². The number of nitrogens with one attached hydrogen (secondary N) is 1. The minimum Gasteiger partial charge on any atom is -0.480 e. The quantitative estimate of drug-likeness (QED) is 0.757. The van der Waals surface area contributed by atoms with Crippen LogP contribution in [0.5, 0.6) is 0 Å². The number of aryl methyl sites for hydroxylation is 1. The Morgan fingerprint density at radius 2 is 2.31 bits per heavy atom. The lowest BCUT2D eigenvalue weighted by Gasteiger charge is -2.04. The number of carboxylic acid groups (broad SMARTS) is 1. The lowest BCUT2D eigenvalue weighted by molar-refractivity contribution is -0.136. The molecule has 0 fully saturated rings. The first-order valence-corrected chi connectivity index (χ1v) is 4.80. The van der Waals surface area contributed by atoms with Gasteiger partial charge in [0, 0.05) is 0 Å². The number of carboxylic acids is 1. The van der Waals surface area contributed by atoms with Crippen molar-refractivity contribution in [3.05, 3.63) is 21.7 Å². The molecule has 0 saturated carbocycles. The van der Waals surface area contributed by atoms with Crippen molar-refractivity contribution in [2.45, 2.75) is 12.2 Å². The third kappa shape index (κ3) is 1.77. The van der Waals surface area contributed by atoms with Crippen LogP contribution in [-0.2, 0) is 4.79 Å². The smallest absolute Gasteiger partial charge is 0.321 e. The molecule has 2 N–H and O–H groups in total. The topological polar surface area (TPSA) is 83.3 Å². The lowest BCUT2D eigenvalue weighted by Crippen LogP contribution is -2.16.